The van der Waals surface area contributed by atoms with E-state index in [0.29, 0.717) is 18.6 Å². The molecule has 0 saturated heterocycles. The van der Waals surface area contributed by atoms with Crippen LogP contribution in [0.5, 0.6) is 0 Å². The molecule has 0 heterocycles. The molecule has 0 bridgehead atoms. The van der Waals surface area contributed by atoms with Gasteiger partial charge < -0.3 is 5.32 Å². The Morgan fingerprint density at radius 3 is 2.38 bits per heavy atom. The highest BCUT2D eigenvalue weighted by molar-refractivity contribution is 6.39. The zero-order chi connectivity index (χ0) is 22.9. The summed E-state index contributed by atoms with van der Waals surface area (Å²) < 4.78 is 0. The number of hydrogen-bond donors (Lipinski definition) is 1. The Hall–Kier alpha value is -3.46. The van der Waals surface area contributed by atoms with Crippen LogP contribution in [0, 0.1) is 6.92 Å². The number of hydrogen-bond acceptors (Lipinski definition) is 3. The normalized spacial score (nSPS) is 14.8. The monoisotopic (exact) mass is 424 g/mol. The predicted molar refractivity (Wildman–Crippen MR) is 135 cm³/mol. The SMILES string of the molecule is C/C=C(\N/C(Cc1ccccc1)=C(\C)N=C(CC1=CC=CC1)C(C)=O)c1ccccc1C. The van der Waals surface area contributed by atoms with E-state index in [1.165, 1.54) is 16.7 Å². The number of ketones is 1. The first-order chi connectivity index (χ1) is 15.5. The number of nitrogens with zero attached hydrogens (tertiary/aromatic N) is 1. The van der Waals surface area contributed by atoms with Gasteiger partial charge in [-0.25, -0.2) is 0 Å². The summed E-state index contributed by atoms with van der Waals surface area (Å²) in [5, 5.41) is 3.64. The van der Waals surface area contributed by atoms with Crippen molar-refractivity contribution in [3.8, 4) is 0 Å². The van der Waals surface area contributed by atoms with E-state index in [2.05, 4.69) is 60.8 Å². The molecule has 2 aromatic carbocycles. The number of aryl methyl sites for hydroxylation is 1. The minimum atomic E-state index is 0.0152. The number of rotatable bonds is 9. The average Bonchev–Trinajstić information content (AvgIpc) is 3.30. The van der Waals surface area contributed by atoms with Crippen LogP contribution in [0.4, 0.5) is 0 Å². The van der Waals surface area contributed by atoms with E-state index in [1.54, 1.807) is 6.92 Å². The highest BCUT2D eigenvalue weighted by Gasteiger charge is 2.14. The molecule has 0 aromatic heterocycles. The molecular weight excluding hydrogens is 392 g/mol. The maximum absolute atomic E-state index is 12.4. The van der Waals surface area contributed by atoms with Crippen molar-refractivity contribution in [1.29, 1.82) is 0 Å². The summed E-state index contributed by atoms with van der Waals surface area (Å²) in [7, 11) is 0. The molecule has 0 saturated carbocycles. The van der Waals surface area contributed by atoms with Gasteiger partial charge in [0.1, 0.15) is 0 Å². The smallest absolute Gasteiger partial charge is 0.174 e. The number of aliphatic imine (C=N–C) groups is 1. The predicted octanol–water partition coefficient (Wildman–Crippen LogP) is 6.73. The third-order valence-corrected chi connectivity index (χ3v) is 5.62. The molecule has 164 valence electrons. The van der Waals surface area contributed by atoms with Gasteiger partial charge in [0, 0.05) is 36.7 Å². The standard InChI is InChI=1S/C29H32N2O/c1-5-27(26-18-12-9-13-21(26)2)31-28(19-24-14-7-6-8-15-24)22(3)30-29(23(4)32)20-25-16-10-11-17-25/h5-16,18,31H,17,19-20H2,1-4H3/b27-5-,28-22+,30-29?. The van der Waals surface area contributed by atoms with E-state index in [-0.39, 0.29) is 5.78 Å². The van der Waals surface area contributed by atoms with Gasteiger partial charge in [0.05, 0.1) is 11.4 Å². The number of nitrogens with one attached hydrogen (secondary N) is 1. The molecule has 3 nitrogen and oxygen atoms in total. The number of Topliss-reactive ketones (excluding diaryl/α,β-unsaturated/α-hetero) is 1. The van der Waals surface area contributed by atoms with Crippen molar-refractivity contribution in [2.75, 3.05) is 0 Å². The Morgan fingerprint density at radius 2 is 1.75 bits per heavy atom. The molecule has 1 N–H and O–H groups in total. The molecule has 3 heteroatoms. The second-order valence-electron chi connectivity index (χ2n) is 8.12. The topological polar surface area (TPSA) is 41.5 Å². The largest absolute Gasteiger partial charge is 0.357 e. The summed E-state index contributed by atoms with van der Waals surface area (Å²) in [6, 6.07) is 18.7. The third kappa shape index (κ3) is 6.27. The van der Waals surface area contributed by atoms with E-state index in [9.17, 15) is 4.79 Å². The van der Waals surface area contributed by atoms with E-state index >= 15 is 0 Å². The molecule has 2 aromatic rings. The van der Waals surface area contributed by atoms with E-state index in [1.807, 2.05) is 44.2 Å². The van der Waals surface area contributed by atoms with Crippen LogP contribution in [0.1, 0.15) is 50.3 Å². The van der Waals surface area contributed by atoms with Crippen molar-refractivity contribution in [1.82, 2.24) is 5.32 Å². The fraction of sp³-hybridized carbons (Fsp3) is 0.241. The Bertz CT molecular complexity index is 1110. The molecule has 0 aliphatic heterocycles. The molecule has 1 aliphatic rings. The first-order valence-electron chi connectivity index (χ1n) is 11.1. The second kappa shape index (κ2) is 11.2. The van der Waals surface area contributed by atoms with E-state index in [0.717, 1.165) is 29.1 Å². The highest BCUT2D eigenvalue weighted by atomic mass is 16.1. The quantitative estimate of drug-likeness (QED) is 0.454. The lowest BCUT2D eigenvalue weighted by Gasteiger charge is -2.18. The molecule has 0 unspecified atom stereocenters. The summed E-state index contributed by atoms with van der Waals surface area (Å²) >= 11 is 0. The molecule has 0 spiro atoms. The molecule has 32 heavy (non-hydrogen) atoms. The number of carbonyl (C=O) groups is 1. The second-order valence-corrected chi connectivity index (χ2v) is 8.12. The summed E-state index contributed by atoms with van der Waals surface area (Å²) in [6.07, 6.45) is 10.5. The number of benzene rings is 2. The Kier molecular flexibility index (Phi) is 8.15. The molecule has 1 aliphatic carbocycles. The van der Waals surface area contributed by atoms with Crippen LogP contribution in [-0.4, -0.2) is 11.5 Å². The van der Waals surface area contributed by atoms with E-state index in [4.69, 9.17) is 4.99 Å². The average molecular weight is 425 g/mol. The minimum Gasteiger partial charge on any atom is -0.357 e. The van der Waals surface area contributed by atoms with Gasteiger partial charge in [0.25, 0.3) is 0 Å². The fourth-order valence-corrected chi connectivity index (χ4v) is 3.75. The molecule has 3 rings (SSSR count). The van der Waals surface area contributed by atoms with Gasteiger partial charge in [0.15, 0.2) is 5.78 Å². The van der Waals surface area contributed by atoms with Crippen molar-refractivity contribution < 1.29 is 4.79 Å². The van der Waals surface area contributed by atoms with Gasteiger partial charge in [0.2, 0.25) is 0 Å². The lowest BCUT2D eigenvalue weighted by atomic mass is 10.0. The highest BCUT2D eigenvalue weighted by Crippen LogP contribution is 2.22. The van der Waals surface area contributed by atoms with Crippen LogP contribution in [0.25, 0.3) is 5.70 Å². The van der Waals surface area contributed by atoms with Crippen LogP contribution in [0.15, 0.2) is 101 Å². The Labute approximate surface area is 192 Å². The van der Waals surface area contributed by atoms with Gasteiger partial charge in [-0.1, -0.05) is 84.5 Å². The van der Waals surface area contributed by atoms with Gasteiger partial charge >= 0.3 is 0 Å². The van der Waals surface area contributed by atoms with Crippen LogP contribution in [0.2, 0.25) is 0 Å². The summed E-state index contributed by atoms with van der Waals surface area (Å²) in [4.78, 5) is 17.2. The van der Waals surface area contributed by atoms with E-state index < -0.39 is 0 Å². The molecule has 0 fully saturated rings. The van der Waals surface area contributed by atoms with Crippen LogP contribution < -0.4 is 5.32 Å². The maximum atomic E-state index is 12.4. The van der Waals surface area contributed by atoms with Crippen molar-refractivity contribution in [2.24, 2.45) is 4.99 Å². The van der Waals surface area contributed by atoms with Crippen molar-refractivity contribution >= 4 is 17.2 Å². The lowest BCUT2D eigenvalue weighted by Crippen LogP contribution is -2.18. The van der Waals surface area contributed by atoms with Crippen molar-refractivity contribution in [3.63, 3.8) is 0 Å². The molecule has 0 radical (unpaired) electrons. The number of allylic oxidation sites excluding steroid dienone is 7. The van der Waals surface area contributed by atoms with Crippen LogP contribution in [0.3, 0.4) is 0 Å². The Balaban J connectivity index is 1.99. The zero-order valence-electron chi connectivity index (χ0n) is 19.5. The first-order valence-corrected chi connectivity index (χ1v) is 11.1. The van der Waals surface area contributed by atoms with Gasteiger partial charge in [-0.3, -0.25) is 9.79 Å². The fourth-order valence-electron chi connectivity index (χ4n) is 3.75. The molecule has 0 amide bonds. The molecular formula is C29H32N2O. The van der Waals surface area contributed by atoms with Gasteiger partial charge in [-0.2, -0.15) is 0 Å². The summed E-state index contributed by atoms with van der Waals surface area (Å²) in [6.45, 7) is 7.74. The third-order valence-electron chi connectivity index (χ3n) is 5.62. The van der Waals surface area contributed by atoms with Crippen molar-refractivity contribution in [3.05, 3.63) is 113 Å². The maximum Gasteiger partial charge on any atom is 0.174 e. The Morgan fingerprint density at radius 1 is 1.03 bits per heavy atom. The molecule has 0 atom stereocenters. The van der Waals surface area contributed by atoms with Gasteiger partial charge in [-0.05, 0) is 38.3 Å². The van der Waals surface area contributed by atoms with Crippen LogP contribution in [-0.2, 0) is 11.2 Å². The zero-order valence-corrected chi connectivity index (χ0v) is 19.5. The lowest BCUT2D eigenvalue weighted by molar-refractivity contribution is -0.111. The van der Waals surface area contributed by atoms with Crippen molar-refractivity contribution in [2.45, 2.75) is 47.0 Å². The summed E-state index contributed by atoms with van der Waals surface area (Å²) in [5.74, 6) is 0.0152. The van der Waals surface area contributed by atoms with Crippen LogP contribution >= 0.6 is 0 Å². The first kappa shape index (κ1) is 23.2. The van der Waals surface area contributed by atoms with Gasteiger partial charge in [-0.15, -0.1) is 0 Å². The summed E-state index contributed by atoms with van der Waals surface area (Å²) in [5.41, 5.74) is 8.24. The minimum absolute atomic E-state index is 0.0152. The number of carbonyl (C=O) groups excluding carboxylic acids is 1.